The van der Waals surface area contributed by atoms with E-state index in [-0.39, 0.29) is 0 Å². The van der Waals surface area contributed by atoms with Gasteiger partial charge in [-0.25, -0.2) is 4.99 Å². The van der Waals surface area contributed by atoms with Crippen molar-refractivity contribution in [1.29, 1.82) is 0 Å². The zero-order chi connectivity index (χ0) is 17.1. The Labute approximate surface area is 147 Å². The number of benzene rings is 3. The maximum absolute atomic E-state index is 5.04. The van der Waals surface area contributed by atoms with E-state index in [1.807, 2.05) is 48.7 Å². The van der Waals surface area contributed by atoms with Gasteiger partial charge in [0.25, 0.3) is 0 Å². The SMILES string of the molecule is Cc1cc2ncccc2cc1N=C(c1ccccc1)c1ccccc1. The zero-order valence-electron chi connectivity index (χ0n) is 14.1. The van der Waals surface area contributed by atoms with Crippen molar-refractivity contribution in [1.82, 2.24) is 4.98 Å². The fourth-order valence-corrected chi connectivity index (χ4v) is 2.94. The van der Waals surface area contributed by atoms with Crippen LogP contribution in [0.2, 0.25) is 0 Å². The molecule has 3 aromatic carbocycles. The highest BCUT2D eigenvalue weighted by Crippen LogP contribution is 2.26. The summed E-state index contributed by atoms with van der Waals surface area (Å²) in [5, 5.41) is 1.10. The summed E-state index contributed by atoms with van der Waals surface area (Å²) in [5.74, 6) is 0. The van der Waals surface area contributed by atoms with Crippen LogP contribution in [0.25, 0.3) is 10.9 Å². The summed E-state index contributed by atoms with van der Waals surface area (Å²) in [7, 11) is 0. The number of hydrogen-bond acceptors (Lipinski definition) is 2. The lowest BCUT2D eigenvalue weighted by Gasteiger charge is -2.10. The van der Waals surface area contributed by atoms with Gasteiger partial charge in [-0.1, -0.05) is 66.7 Å². The Balaban J connectivity index is 1.92. The highest BCUT2D eigenvalue weighted by atomic mass is 14.8. The van der Waals surface area contributed by atoms with Gasteiger partial charge in [0.15, 0.2) is 0 Å². The van der Waals surface area contributed by atoms with Gasteiger partial charge in [0.05, 0.1) is 16.9 Å². The molecule has 2 nitrogen and oxygen atoms in total. The smallest absolute Gasteiger partial charge is 0.0781 e. The molecule has 4 rings (SSSR count). The Kier molecular flexibility index (Phi) is 4.09. The highest BCUT2D eigenvalue weighted by molar-refractivity contribution is 6.14. The van der Waals surface area contributed by atoms with Crippen molar-refractivity contribution in [2.45, 2.75) is 6.92 Å². The molecule has 0 bridgehead atoms. The molecule has 0 aliphatic carbocycles. The maximum atomic E-state index is 5.04. The molecule has 0 radical (unpaired) electrons. The molecule has 0 fully saturated rings. The molecule has 0 spiro atoms. The van der Waals surface area contributed by atoms with Gasteiger partial charge < -0.3 is 0 Å². The van der Waals surface area contributed by atoms with E-state index in [1.54, 1.807) is 0 Å². The summed E-state index contributed by atoms with van der Waals surface area (Å²) in [4.78, 5) is 9.47. The van der Waals surface area contributed by atoms with Crippen molar-refractivity contribution < 1.29 is 0 Å². The molecular weight excluding hydrogens is 304 g/mol. The first kappa shape index (κ1) is 15.3. The van der Waals surface area contributed by atoms with Crippen molar-refractivity contribution in [2.24, 2.45) is 4.99 Å². The van der Waals surface area contributed by atoms with Gasteiger partial charge in [0.1, 0.15) is 0 Å². The molecule has 0 aliphatic heterocycles. The number of fused-ring (bicyclic) bond motifs is 1. The van der Waals surface area contributed by atoms with Crippen LogP contribution in [0.1, 0.15) is 16.7 Å². The molecule has 2 heteroatoms. The van der Waals surface area contributed by atoms with Gasteiger partial charge in [0, 0.05) is 22.7 Å². The topological polar surface area (TPSA) is 25.2 Å². The van der Waals surface area contributed by atoms with Gasteiger partial charge in [-0.3, -0.25) is 4.98 Å². The van der Waals surface area contributed by atoms with Crippen molar-refractivity contribution in [3.05, 3.63) is 108 Å². The number of nitrogens with zero attached hydrogens (tertiary/aromatic N) is 2. The average Bonchev–Trinajstić information content (AvgIpc) is 2.67. The summed E-state index contributed by atoms with van der Waals surface area (Å²) in [6.45, 7) is 2.08. The van der Waals surface area contributed by atoms with Gasteiger partial charge in [-0.05, 0) is 30.7 Å². The van der Waals surface area contributed by atoms with Crippen LogP contribution in [0.4, 0.5) is 5.69 Å². The molecule has 4 aromatic rings. The second-order valence-electron chi connectivity index (χ2n) is 6.03. The van der Waals surface area contributed by atoms with Crippen molar-refractivity contribution >= 4 is 22.3 Å². The summed E-state index contributed by atoms with van der Waals surface area (Å²) < 4.78 is 0. The van der Waals surface area contributed by atoms with Crippen LogP contribution in [0.3, 0.4) is 0 Å². The highest BCUT2D eigenvalue weighted by Gasteiger charge is 2.08. The third kappa shape index (κ3) is 3.20. The molecule has 1 aromatic heterocycles. The first-order chi connectivity index (χ1) is 12.3. The number of pyridine rings is 1. The van der Waals surface area contributed by atoms with Crippen LogP contribution in [0.5, 0.6) is 0 Å². The van der Waals surface area contributed by atoms with Crippen LogP contribution in [0, 0.1) is 6.92 Å². The molecule has 0 N–H and O–H groups in total. The van der Waals surface area contributed by atoms with Crippen molar-refractivity contribution in [2.75, 3.05) is 0 Å². The number of hydrogen-bond donors (Lipinski definition) is 0. The van der Waals surface area contributed by atoms with Crippen LogP contribution in [0.15, 0.2) is 96.1 Å². The van der Waals surface area contributed by atoms with Crippen LogP contribution in [-0.2, 0) is 0 Å². The Bertz CT molecular complexity index is 994. The minimum absolute atomic E-state index is 0.975. The van der Waals surface area contributed by atoms with Crippen molar-refractivity contribution in [3.8, 4) is 0 Å². The third-order valence-corrected chi connectivity index (χ3v) is 4.25. The van der Waals surface area contributed by atoms with Gasteiger partial charge in [-0.2, -0.15) is 0 Å². The molecule has 0 unspecified atom stereocenters. The lowest BCUT2D eigenvalue weighted by Crippen LogP contribution is -2.02. The Hall–Kier alpha value is -3.26. The van der Waals surface area contributed by atoms with Crippen LogP contribution >= 0.6 is 0 Å². The zero-order valence-corrected chi connectivity index (χ0v) is 14.1. The minimum Gasteiger partial charge on any atom is -0.256 e. The lowest BCUT2D eigenvalue weighted by molar-refractivity contribution is 1.36. The Morgan fingerprint density at radius 3 is 2.04 bits per heavy atom. The molecule has 1 heterocycles. The first-order valence-electron chi connectivity index (χ1n) is 8.36. The standard InChI is InChI=1S/C23H18N2/c1-17-15-22-20(13-8-14-24-22)16-21(17)25-23(18-9-4-2-5-10-18)19-11-6-3-7-12-19/h2-16H,1H3. The van der Waals surface area contributed by atoms with E-state index in [4.69, 9.17) is 4.99 Å². The van der Waals surface area contributed by atoms with E-state index in [9.17, 15) is 0 Å². The van der Waals surface area contributed by atoms with E-state index >= 15 is 0 Å². The second kappa shape index (κ2) is 6.70. The predicted molar refractivity (Wildman–Crippen MR) is 105 cm³/mol. The quantitative estimate of drug-likeness (QED) is 0.443. The van der Waals surface area contributed by atoms with Gasteiger partial charge in [0.2, 0.25) is 0 Å². The average molecular weight is 322 g/mol. The van der Waals surface area contributed by atoms with E-state index in [2.05, 4.69) is 54.4 Å². The van der Waals surface area contributed by atoms with E-state index in [0.717, 1.165) is 39.0 Å². The largest absolute Gasteiger partial charge is 0.256 e. The maximum Gasteiger partial charge on any atom is 0.0781 e. The van der Waals surface area contributed by atoms with Gasteiger partial charge in [-0.15, -0.1) is 0 Å². The third-order valence-electron chi connectivity index (χ3n) is 4.25. The summed E-state index contributed by atoms with van der Waals surface area (Å²) >= 11 is 0. The fraction of sp³-hybridized carbons (Fsp3) is 0.0435. The minimum atomic E-state index is 0.975. The predicted octanol–water partition coefficient (Wildman–Crippen LogP) is 5.71. The van der Waals surface area contributed by atoms with Crippen LogP contribution in [-0.4, -0.2) is 10.7 Å². The van der Waals surface area contributed by atoms with Crippen LogP contribution < -0.4 is 0 Å². The second-order valence-corrected chi connectivity index (χ2v) is 6.03. The van der Waals surface area contributed by atoms with Crippen molar-refractivity contribution in [3.63, 3.8) is 0 Å². The summed E-state index contributed by atoms with van der Waals surface area (Å²) in [5.41, 5.74) is 6.30. The van der Waals surface area contributed by atoms with Gasteiger partial charge >= 0.3 is 0 Å². The summed E-state index contributed by atoms with van der Waals surface area (Å²) in [6.07, 6.45) is 1.82. The Morgan fingerprint density at radius 2 is 1.40 bits per heavy atom. The van der Waals surface area contributed by atoms with E-state index < -0.39 is 0 Å². The number of aryl methyl sites for hydroxylation is 1. The molecule has 25 heavy (non-hydrogen) atoms. The molecule has 0 saturated heterocycles. The van der Waals surface area contributed by atoms with E-state index in [0.29, 0.717) is 0 Å². The molecule has 0 aliphatic rings. The Morgan fingerprint density at radius 1 is 0.760 bits per heavy atom. The summed E-state index contributed by atoms with van der Waals surface area (Å²) in [6, 6.07) is 28.9. The lowest BCUT2D eigenvalue weighted by atomic mass is 10.0. The van der Waals surface area contributed by atoms with E-state index in [1.165, 1.54) is 0 Å². The molecule has 0 atom stereocenters. The molecule has 0 saturated carbocycles. The number of aromatic nitrogens is 1. The normalized spacial score (nSPS) is 10.6. The monoisotopic (exact) mass is 322 g/mol. The molecular formula is C23H18N2. The molecule has 120 valence electrons. The fourth-order valence-electron chi connectivity index (χ4n) is 2.94. The number of aliphatic imine (C=N–C) groups is 1. The number of rotatable bonds is 3. The first-order valence-corrected chi connectivity index (χ1v) is 8.36. The molecule has 0 amide bonds.